The molecule has 8 nitrogen and oxygen atoms in total. The van der Waals surface area contributed by atoms with Crippen LogP contribution in [0.4, 0.5) is 5.69 Å². The van der Waals surface area contributed by atoms with Gasteiger partial charge in [-0.05, 0) is 30.5 Å². The van der Waals surface area contributed by atoms with Gasteiger partial charge in [0.25, 0.3) is 0 Å². The summed E-state index contributed by atoms with van der Waals surface area (Å²) in [7, 11) is 0. The lowest BCUT2D eigenvalue weighted by Crippen LogP contribution is -2.51. The van der Waals surface area contributed by atoms with E-state index in [1.807, 2.05) is 6.92 Å². The molecule has 1 aliphatic heterocycles. The van der Waals surface area contributed by atoms with E-state index in [1.165, 1.54) is 0 Å². The van der Waals surface area contributed by atoms with Crippen molar-refractivity contribution >= 4 is 29.3 Å². The summed E-state index contributed by atoms with van der Waals surface area (Å²) in [6.07, 6.45) is 1.26. The van der Waals surface area contributed by atoms with Gasteiger partial charge in [0.05, 0.1) is 12.0 Å². The summed E-state index contributed by atoms with van der Waals surface area (Å²) in [5, 5.41) is 15.7. The molecule has 0 spiro atoms. The maximum Gasteiger partial charge on any atom is 0.313 e. The largest absolute Gasteiger partial charge is 0.395 e. The first kappa shape index (κ1) is 18.6. The quantitative estimate of drug-likeness (QED) is 0.434. The molecule has 4 amide bonds. The van der Waals surface area contributed by atoms with Crippen molar-refractivity contribution in [1.82, 2.24) is 10.6 Å². The van der Waals surface area contributed by atoms with E-state index >= 15 is 0 Å². The Kier molecular flexibility index (Phi) is 5.87. The lowest BCUT2D eigenvalue weighted by molar-refractivity contribution is -0.138. The second-order valence-corrected chi connectivity index (χ2v) is 5.82. The van der Waals surface area contributed by atoms with E-state index in [0.29, 0.717) is 18.5 Å². The van der Waals surface area contributed by atoms with Gasteiger partial charge in [0, 0.05) is 18.7 Å². The first-order chi connectivity index (χ1) is 11.9. The van der Waals surface area contributed by atoms with Crippen molar-refractivity contribution < 1.29 is 24.3 Å². The summed E-state index contributed by atoms with van der Waals surface area (Å²) < 4.78 is 0. The number of piperidine rings is 1. The number of amides is 4. The van der Waals surface area contributed by atoms with Crippen LogP contribution in [0.3, 0.4) is 0 Å². The Bertz CT molecular complexity index is 686. The lowest BCUT2D eigenvalue weighted by atomic mass is 9.72. The van der Waals surface area contributed by atoms with Crippen LogP contribution in [0.1, 0.15) is 31.7 Å². The molecule has 2 rings (SSSR count). The first-order valence-electron chi connectivity index (χ1n) is 8.08. The van der Waals surface area contributed by atoms with Crippen molar-refractivity contribution in [2.24, 2.45) is 0 Å². The molecule has 25 heavy (non-hydrogen) atoms. The average molecular weight is 347 g/mol. The van der Waals surface area contributed by atoms with Crippen LogP contribution in [0.2, 0.25) is 0 Å². The normalized spacial score (nSPS) is 19.9. The predicted molar refractivity (Wildman–Crippen MR) is 89.5 cm³/mol. The lowest BCUT2D eigenvalue weighted by Gasteiger charge is -2.35. The fourth-order valence-electron chi connectivity index (χ4n) is 2.88. The number of imide groups is 1. The summed E-state index contributed by atoms with van der Waals surface area (Å²) in [6.45, 7) is 1.63. The highest BCUT2D eigenvalue weighted by atomic mass is 16.3. The highest BCUT2D eigenvalue weighted by molar-refractivity contribution is 6.39. The van der Waals surface area contributed by atoms with Crippen LogP contribution in [0.5, 0.6) is 0 Å². The van der Waals surface area contributed by atoms with Gasteiger partial charge in [-0.2, -0.15) is 0 Å². The summed E-state index contributed by atoms with van der Waals surface area (Å²) in [5.74, 6) is -2.26. The maximum absolute atomic E-state index is 12.3. The van der Waals surface area contributed by atoms with E-state index in [-0.39, 0.29) is 31.4 Å². The fourth-order valence-corrected chi connectivity index (χ4v) is 2.88. The SMILES string of the molecule is CC[C@]1(c2ccc(NC(=O)C(=O)NCCO)cc2)CCC(=O)NC1=O. The van der Waals surface area contributed by atoms with Gasteiger partial charge in [-0.3, -0.25) is 24.5 Å². The Balaban J connectivity index is 2.11. The van der Waals surface area contributed by atoms with Crippen molar-refractivity contribution in [1.29, 1.82) is 0 Å². The fraction of sp³-hybridized carbons (Fsp3) is 0.412. The van der Waals surface area contributed by atoms with Gasteiger partial charge in [-0.25, -0.2) is 0 Å². The highest BCUT2D eigenvalue weighted by Gasteiger charge is 2.42. The summed E-state index contributed by atoms with van der Waals surface area (Å²) >= 11 is 0. The number of carbonyl (C=O) groups excluding carboxylic acids is 4. The second-order valence-electron chi connectivity index (χ2n) is 5.82. The number of carbonyl (C=O) groups is 4. The smallest absolute Gasteiger partial charge is 0.313 e. The standard InChI is InChI=1S/C17H21N3O5/c1-2-17(8-7-13(22)20-16(17)25)11-3-5-12(6-4-11)19-15(24)14(23)18-9-10-21/h3-6,21H,2,7-10H2,1H3,(H,18,23)(H,19,24)(H,20,22,25)/t17-/m1/s1. The predicted octanol–water partition coefficient (Wildman–Crippen LogP) is -0.182. The molecule has 0 aromatic heterocycles. The number of hydrogen-bond donors (Lipinski definition) is 4. The van der Waals surface area contributed by atoms with Gasteiger partial charge in [0.1, 0.15) is 0 Å². The molecule has 0 bridgehead atoms. The van der Waals surface area contributed by atoms with Crippen LogP contribution in [-0.2, 0) is 24.6 Å². The van der Waals surface area contributed by atoms with Crippen molar-refractivity contribution in [3.63, 3.8) is 0 Å². The molecule has 1 aromatic carbocycles. The zero-order chi connectivity index (χ0) is 18.4. The Hall–Kier alpha value is -2.74. The molecule has 0 saturated carbocycles. The van der Waals surface area contributed by atoms with Crippen molar-refractivity contribution in [2.45, 2.75) is 31.6 Å². The van der Waals surface area contributed by atoms with Crippen LogP contribution < -0.4 is 16.0 Å². The van der Waals surface area contributed by atoms with Crippen LogP contribution in [0.25, 0.3) is 0 Å². The zero-order valence-electron chi connectivity index (χ0n) is 13.9. The van der Waals surface area contributed by atoms with Crippen LogP contribution in [0.15, 0.2) is 24.3 Å². The number of benzene rings is 1. The van der Waals surface area contributed by atoms with E-state index in [4.69, 9.17) is 5.11 Å². The summed E-state index contributed by atoms with van der Waals surface area (Å²) in [5.41, 5.74) is 0.392. The van der Waals surface area contributed by atoms with Crippen molar-refractivity contribution in [3.8, 4) is 0 Å². The van der Waals surface area contributed by atoms with E-state index in [2.05, 4.69) is 16.0 Å². The third-order valence-corrected chi connectivity index (χ3v) is 4.37. The Morgan fingerprint density at radius 3 is 2.44 bits per heavy atom. The molecule has 1 heterocycles. The van der Waals surface area contributed by atoms with Gasteiger partial charge in [-0.1, -0.05) is 19.1 Å². The van der Waals surface area contributed by atoms with Crippen LogP contribution >= 0.6 is 0 Å². The molecule has 0 unspecified atom stereocenters. The van der Waals surface area contributed by atoms with Gasteiger partial charge >= 0.3 is 11.8 Å². The molecule has 1 atom stereocenters. The summed E-state index contributed by atoms with van der Waals surface area (Å²) in [4.78, 5) is 46.9. The topological polar surface area (TPSA) is 125 Å². The Labute approximate surface area is 145 Å². The Morgan fingerprint density at radius 1 is 1.20 bits per heavy atom. The minimum atomic E-state index is -0.840. The number of hydrogen-bond acceptors (Lipinski definition) is 5. The molecular formula is C17H21N3O5. The van der Waals surface area contributed by atoms with E-state index < -0.39 is 17.2 Å². The van der Waals surface area contributed by atoms with E-state index in [1.54, 1.807) is 24.3 Å². The van der Waals surface area contributed by atoms with Crippen molar-refractivity contribution in [2.75, 3.05) is 18.5 Å². The number of rotatable bonds is 5. The van der Waals surface area contributed by atoms with Crippen LogP contribution in [-0.4, -0.2) is 41.9 Å². The molecule has 0 radical (unpaired) electrons. The van der Waals surface area contributed by atoms with E-state index in [0.717, 1.165) is 5.56 Å². The maximum atomic E-state index is 12.3. The second kappa shape index (κ2) is 7.89. The molecule has 1 aliphatic rings. The molecule has 0 aliphatic carbocycles. The van der Waals surface area contributed by atoms with Gasteiger partial charge in [0.15, 0.2) is 0 Å². The molecule has 1 aromatic rings. The molecule has 1 fully saturated rings. The number of anilines is 1. The first-order valence-corrected chi connectivity index (χ1v) is 8.08. The minimum Gasteiger partial charge on any atom is -0.395 e. The van der Waals surface area contributed by atoms with E-state index in [9.17, 15) is 19.2 Å². The number of nitrogens with one attached hydrogen (secondary N) is 3. The highest BCUT2D eigenvalue weighted by Crippen LogP contribution is 2.36. The van der Waals surface area contributed by atoms with Gasteiger partial charge in [0.2, 0.25) is 11.8 Å². The summed E-state index contributed by atoms with van der Waals surface area (Å²) in [6, 6.07) is 6.63. The van der Waals surface area contributed by atoms with Crippen LogP contribution in [0, 0.1) is 0 Å². The molecule has 1 saturated heterocycles. The third kappa shape index (κ3) is 4.03. The minimum absolute atomic E-state index is 0.00194. The van der Waals surface area contributed by atoms with Crippen molar-refractivity contribution in [3.05, 3.63) is 29.8 Å². The molecular weight excluding hydrogens is 326 g/mol. The molecule has 8 heteroatoms. The van der Waals surface area contributed by atoms with Gasteiger partial charge in [-0.15, -0.1) is 0 Å². The molecule has 4 N–H and O–H groups in total. The third-order valence-electron chi connectivity index (χ3n) is 4.37. The number of aliphatic hydroxyl groups excluding tert-OH is 1. The Morgan fingerprint density at radius 2 is 1.88 bits per heavy atom. The zero-order valence-corrected chi connectivity index (χ0v) is 13.9. The monoisotopic (exact) mass is 347 g/mol. The number of aliphatic hydroxyl groups is 1. The van der Waals surface area contributed by atoms with Gasteiger partial charge < -0.3 is 15.7 Å². The average Bonchev–Trinajstić information content (AvgIpc) is 2.61. The molecule has 134 valence electrons.